The summed E-state index contributed by atoms with van der Waals surface area (Å²) in [5.74, 6) is 4.73. The highest BCUT2D eigenvalue weighted by atomic mass is 32.2. The zero-order chi connectivity index (χ0) is 16.1. The maximum absolute atomic E-state index is 12.2. The van der Waals surface area contributed by atoms with Crippen molar-refractivity contribution in [2.75, 3.05) is 13.1 Å². The molecule has 0 bridgehead atoms. The molecule has 5 N–H and O–H groups in total. The van der Waals surface area contributed by atoms with E-state index in [1.807, 2.05) is 0 Å². The van der Waals surface area contributed by atoms with Crippen LogP contribution in [-0.4, -0.2) is 32.4 Å². The summed E-state index contributed by atoms with van der Waals surface area (Å²) in [6.45, 7) is 3.17. The Morgan fingerprint density at radius 2 is 2.10 bits per heavy atom. The van der Waals surface area contributed by atoms with E-state index in [-0.39, 0.29) is 18.0 Å². The molecule has 0 radical (unpaired) electrons. The van der Waals surface area contributed by atoms with Crippen LogP contribution < -0.4 is 16.2 Å². The number of carbonyl (C=O) groups excluding carboxylic acids is 1. The van der Waals surface area contributed by atoms with Crippen LogP contribution in [0.3, 0.4) is 0 Å². The molecule has 1 rings (SSSR count). The van der Waals surface area contributed by atoms with Gasteiger partial charge in [0.15, 0.2) is 0 Å². The fraction of sp³-hybridized carbons (Fsp3) is 0.385. The maximum atomic E-state index is 12.2. The molecule has 0 fully saturated rings. The Balaban J connectivity index is 2.96. The van der Waals surface area contributed by atoms with Gasteiger partial charge in [0.2, 0.25) is 15.9 Å². The van der Waals surface area contributed by atoms with Gasteiger partial charge >= 0.3 is 0 Å². The lowest BCUT2D eigenvalue weighted by molar-refractivity contribution is -0.125. The van der Waals surface area contributed by atoms with Crippen molar-refractivity contribution in [3.8, 4) is 11.8 Å². The van der Waals surface area contributed by atoms with Crippen molar-refractivity contribution >= 4 is 15.9 Å². The fourth-order valence-corrected chi connectivity index (χ4v) is 2.43. The second-order valence-electron chi connectivity index (χ2n) is 4.99. The van der Waals surface area contributed by atoms with Gasteiger partial charge in [0.1, 0.15) is 4.90 Å². The molecule has 114 valence electrons. The van der Waals surface area contributed by atoms with Crippen LogP contribution in [0.25, 0.3) is 0 Å². The first-order valence-corrected chi connectivity index (χ1v) is 7.61. The number of amides is 1. The third-order valence-corrected chi connectivity index (χ3v) is 4.10. The summed E-state index contributed by atoms with van der Waals surface area (Å²) in [5, 5.41) is 0. The average Bonchev–Trinajstić information content (AvgIpc) is 2.43. The Morgan fingerprint density at radius 1 is 1.43 bits per heavy atom. The van der Waals surface area contributed by atoms with E-state index in [1.54, 1.807) is 13.8 Å². The molecule has 0 atom stereocenters. The number of nitrogens with zero attached hydrogens (tertiary/aromatic N) is 1. The lowest BCUT2D eigenvalue weighted by Gasteiger charge is -2.20. The minimum Gasteiger partial charge on any atom is -0.369 e. The number of carbonyl (C=O) groups is 1. The molecule has 0 saturated heterocycles. The number of pyridine rings is 1. The molecule has 0 aliphatic rings. The first-order chi connectivity index (χ1) is 9.69. The molecule has 0 aromatic carbocycles. The normalized spacial score (nSPS) is 11.6. The minimum atomic E-state index is -3.79. The molecule has 0 saturated carbocycles. The molecule has 0 aliphatic carbocycles. The zero-order valence-corrected chi connectivity index (χ0v) is 12.7. The number of nitrogens with two attached hydrogens (primary N) is 2. The van der Waals surface area contributed by atoms with E-state index < -0.39 is 21.3 Å². The fourth-order valence-electron chi connectivity index (χ4n) is 1.23. The van der Waals surface area contributed by atoms with Crippen LogP contribution in [0.4, 0.5) is 0 Å². The summed E-state index contributed by atoms with van der Waals surface area (Å²) in [6, 6.07) is 1.38. The number of rotatable bonds is 5. The van der Waals surface area contributed by atoms with Crippen molar-refractivity contribution in [1.82, 2.24) is 9.71 Å². The third-order valence-electron chi connectivity index (χ3n) is 2.73. The van der Waals surface area contributed by atoms with Gasteiger partial charge < -0.3 is 11.5 Å². The van der Waals surface area contributed by atoms with Crippen LogP contribution in [0, 0.1) is 17.3 Å². The number of aromatic nitrogens is 1. The zero-order valence-electron chi connectivity index (χ0n) is 11.9. The maximum Gasteiger partial charge on any atom is 0.242 e. The first-order valence-electron chi connectivity index (χ1n) is 6.12. The quantitative estimate of drug-likeness (QED) is 0.612. The number of hydrogen-bond donors (Lipinski definition) is 3. The van der Waals surface area contributed by atoms with Crippen LogP contribution in [0.15, 0.2) is 23.4 Å². The van der Waals surface area contributed by atoms with Crippen molar-refractivity contribution < 1.29 is 13.2 Å². The number of primary amides is 1. The van der Waals surface area contributed by atoms with Gasteiger partial charge in [-0.1, -0.05) is 11.8 Å². The topological polar surface area (TPSA) is 128 Å². The van der Waals surface area contributed by atoms with Crippen molar-refractivity contribution in [1.29, 1.82) is 0 Å². The molecule has 8 heteroatoms. The largest absolute Gasteiger partial charge is 0.369 e. The van der Waals surface area contributed by atoms with E-state index in [9.17, 15) is 13.2 Å². The number of nitrogens with one attached hydrogen (secondary N) is 1. The molecule has 1 heterocycles. The first kappa shape index (κ1) is 17.1. The molecule has 0 spiro atoms. The summed E-state index contributed by atoms with van der Waals surface area (Å²) in [5.41, 5.74) is 9.91. The smallest absolute Gasteiger partial charge is 0.242 e. The van der Waals surface area contributed by atoms with E-state index in [4.69, 9.17) is 11.5 Å². The van der Waals surface area contributed by atoms with Gasteiger partial charge in [-0.15, -0.1) is 0 Å². The summed E-state index contributed by atoms with van der Waals surface area (Å²) in [4.78, 5) is 15.0. The Labute approximate surface area is 124 Å². The molecule has 0 unspecified atom stereocenters. The Hall–Kier alpha value is -1.95. The Morgan fingerprint density at radius 3 is 2.67 bits per heavy atom. The van der Waals surface area contributed by atoms with E-state index in [1.165, 1.54) is 18.5 Å². The Bertz CT molecular complexity index is 687. The lowest BCUT2D eigenvalue weighted by atomic mass is 9.93. The van der Waals surface area contributed by atoms with Crippen LogP contribution in [0.1, 0.15) is 19.4 Å². The van der Waals surface area contributed by atoms with Crippen LogP contribution in [-0.2, 0) is 14.8 Å². The van der Waals surface area contributed by atoms with E-state index >= 15 is 0 Å². The highest BCUT2D eigenvalue weighted by Gasteiger charge is 2.27. The number of sulfonamides is 1. The Kier molecular flexibility index (Phi) is 5.43. The molecular weight excluding hydrogens is 292 g/mol. The van der Waals surface area contributed by atoms with Gasteiger partial charge in [-0.05, 0) is 19.9 Å². The van der Waals surface area contributed by atoms with E-state index in [0.717, 1.165) is 0 Å². The van der Waals surface area contributed by atoms with Gasteiger partial charge in [-0.2, -0.15) is 0 Å². The molecule has 7 nitrogen and oxygen atoms in total. The van der Waals surface area contributed by atoms with Crippen molar-refractivity contribution in [2.24, 2.45) is 16.9 Å². The van der Waals surface area contributed by atoms with E-state index in [0.29, 0.717) is 5.56 Å². The second-order valence-corrected chi connectivity index (χ2v) is 6.75. The summed E-state index contributed by atoms with van der Waals surface area (Å²) < 4.78 is 26.6. The van der Waals surface area contributed by atoms with Gasteiger partial charge in [0.25, 0.3) is 0 Å². The van der Waals surface area contributed by atoms with E-state index in [2.05, 4.69) is 21.5 Å². The summed E-state index contributed by atoms with van der Waals surface area (Å²) in [6.07, 6.45) is 2.64. The SMILES string of the molecule is CC(C)(CNS(=O)(=O)c1cncc(C#CCN)c1)C(N)=O. The highest BCUT2D eigenvalue weighted by molar-refractivity contribution is 7.89. The number of hydrogen-bond acceptors (Lipinski definition) is 5. The molecule has 21 heavy (non-hydrogen) atoms. The third kappa shape index (κ3) is 4.82. The average molecular weight is 310 g/mol. The van der Waals surface area contributed by atoms with Crippen molar-refractivity contribution in [2.45, 2.75) is 18.7 Å². The summed E-state index contributed by atoms with van der Waals surface area (Å²) >= 11 is 0. The van der Waals surface area contributed by atoms with Gasteiger partial charge in [-0.25, -0.2) is 13.1 Å². The van der Waals surface area contributed by atoms with Crippen molar-refractivity contribution in [3.63, 3.8) is 0 Å². The summed E-state index contributed by atoms with van der Waals surface area (Å²) in [7, 11) is -3.79. The molecule has 0 aliphatic heterocycles. The van der Waals surface area contributed by atoms with Gasteiger partial charge in [-0.3, -0.25) is 9.78 Å². The van der Waals surface area contributed by atoms with Crippen LogP contribution in [0.2, 0.25) is 0 Å². The lowest BCUT2D eigenvalue weighted by Crippen LogP contribution is -2.42. The van der Waals surface area contributed by atoms with Crippen molar-refractivity contribution in [3.05, 3.63) is 24.0 Å². The monoisotopic (exact) mass is 310 g/mol. The highest BCUT2D eigenvalue weighted by Crippen LogP contribution is 2.15. The van der Waals surface area contributed by atoms with Crippen LogP contribution >= 0.6 is 0 Å². The molecule has 1 aromatic heterocycles. The molecule has 1 aromatic rings. The van der Waals surface area contributed by atoms with Gasteiger partial charge in [0, 0.05) is 24.5 Å². The van der Waals surface area contributed by atoms with Gasteiger partial charge in [0.05, 0.1) is 12.0 Å². The molecular formula is C13H18N4O3S. The predicted octanol–water partition coefficient (Wildman–Crippen LogP) is -0.818. The second kappa shape index (κ2) is 6.67. The minimum absolute atomic E-state index is 0.0356. The molecule has 1 amide bonds. The standard InChI is InChI=1S/C13H18N4O3S/c1-13(2,12(15)18)9-17-21(19,20)11-6-10(4-3-5-14)7-16-8-11/h6-8,17H,5,9,14H2,1-2H3,(H2,15,18). The van der Waals surface area contributed by atoms with Crippen LogP contribution in [0.5, 0.6) is 0 Å². The predicted molar refractivity (Wildman–Crippen MR) is 78.3 cm³/mol.